The van der Waals surface area contributed by atoms with E-state index in [-0.39, 0.29) is 35.4 Å². The van der Waals surface area contributed by atoms with Crippen molar-refractivity contribution in [1.82, 2.24) is 14.7 Å². The summed E-state index contributed by atoms with van der Waals surface area (Å²) in [4.78, 5) is 38.4. The SMILES string of the molecule is O=C(CN1CCC(n2nc(Cc3ccc(F)cc3)c3ccccc3c2=O)CC1)c1ccc([N+](=O)[O-])cc1. The quantitative estimate of drug-likeness (QED) is 0.210. The van der Waals surface area contributed by atoms with Crippen molar-refractivity contribution in [2.45, 2.75) is 25.3 Å². The molecule has 0 spiro atoms. The van der Waals surface area contributed by atoms with Gasteiger partial charge < -0.3 is 0 Å². The molecule has 8 nitrogen and oxygen atoms in total. The average Bonchev–Trinajstić information content (AvgIpc) is 2.92. The summed E-state index contributed by atoms with van der Waals surface area (Å²) in [5.74, 6) is -0.402. The Morgan fingerprint density at radius 3 is 2.27 bits per heavy atom. The molecule has 0 amide bonds. The van der Waals surface area contributed by atoms with Gasteiger partial charge in [-0.25, -0.2) is 9.07 Å². The number of carbonyl (C=O) groups is 1. The fourth-order valence-electron chi connectivity index (χ4n) is 4.83. The number of nitrogens with zero attached hydrogens (tertiary/aromatic N) is 4. The van der Waals surface area contributed by atoms with Gasteiger partial charge in [0.2, 0.25) is 0 Å². The molecule has 0 aliphatic carbocycles. The molecule has 2 heterocycles. The zero-order valence-corrected chi connectivity index (χ0v) is 20.0. The lowest BCUT2D eigenvalue weighted by Crippen LogP contribution is -2.40. The van der Waals surface area contributed by atoms with E-state index in [0.717, 1.165) is 16.6 Å². The van der Waals surface area contributed by atoms with Crippen LogP contribution in [0.25, 0.3) is 10.8 Å². The zero-order chi connectivity index (χ0) is 25.9. The van der Waals surface area contributed by atoms with Gasteiger partial charge in [-0.05, 0) is 48.7 Å². The number of rotatable bonds is 7. The third-order valence-electron chi connectivity index (χ3n) is 6.86. The first-order chi connectivity index (χ1) is 17.9. The van der Waals surface area contributed by atoms with Crippen LogP contribution in [0, 0.1) is 15.9 Å². The molecule has 0 unspecified atom stereocenters. The minimum atomic E-state index is -0.493. The van der Waals surface area contributed by atoms with E-state index in [1.807, 2.05) is 29.2 Å². The molecule has 0 N–H and O–H groups in total. The molecule has 0 bridgehead atoms. The molecule has 0 radical (unpaired) electrons. The van der Waals surface area contributed by atoms with E-state index in [0.29, 0.717) is 43.3 Å². The first-order valence-corrected chi connectivity index (χ1v) is 12.1. The van der Waals surface area contributed by atoms with Gasteiger partial charge in [-0.2, -0.15) is 5.10 Å². The molecule has 1 fully saturated rings. The number of piperidine rings is 1. The van der Waals surface area contributed by atoms with E-state index in [9.17, 15) is 24.1 Å². The molecule has 1 aliphatic heterocycles. The second-order valence-corrected chi connectivity index (χ2v) is 9.28. The van der Waals surface area contributed by atoms with Crippen LogP contribution in [-0.4, -0.2) is 45.0 Å². The number of hydrogen-bond donors (Lipinski definition) is 0. The summed E-state index contributed by atoms with van der Waals surface area (Å²) in [5.41, 5.74) is 1.91. The summed E-state index contributed by atoms with van der Waals surface area (Å²) < 4.78 is 15.0. The fraction of sp³-hybridized carbons (Fsp3) is 0.250. The first kappa shape index (κ1) is 24.5. The summed E-state index contributed by atoms with van der Waals surface area (Å²) in [5, 5.41) is 17.0. The van der Waals surface area contributed by atoms with Crippen molar-refractivity contribution in [3.63, 3.8) is 0 Å². The molecule has 1 saturated heterocycles. The number of ketones is 1. The highest BCUT2D eigenvalue weighted by molar-refractivity contribution is 5.97. The maximum atomic E-state index is 13.4. The van der Waals surface area contributed by atoms with Crippen molar-refractivity contribution in [1.29, 1.82) is 0 Å². The molecule has 0 saturated carbocycles. The largest absolute Gasteiger partial charge is 0.296 e. The van der Waals surface area contributed by atoms with Crippen molar-refractivity contribution < 1.29 is 14.1 Å². The molecule has 9 heteroatoms. The van der Waals surface area contributed by atoms with Gasteiger partial charge in [0.1, 0.15) is 5.82 Å². The summed E-state index contributed by atoms with van der Waals surface area (Å²) in [6.07, 6.45) is 1.80. The molecule has 5 rings (SSSR count). The van der Waals surface area contributed by atoms with Gasteiger partial charge in [0.05, 0.1) is 28.6 Å². The topological polar surface area (TPSA) is 98.3 Å². The number of benzene rings is 3. The van der Waals surface area contributed by atoms with Crippen molar-refractivity contribution in [2.24, 2.45) is 0 Å². The standard InChI is InChI=1S/C28H25FN4O4/c29-21-9-5-19(6-10-21)17-26-24-3-1-2-4-25(24)28(35)32(30-26)22-13-15-31(16-14-22)18-27(34)20-7-11-23(12-8-20)33(36)37/h1-12,22H,13-18H2. The number of Topliss-reactive ketones (excluding diaryl/α,β-unsaturated/α-hetero) is 1. The molecular formula is C28H25FN4O4. The minimum Gasteiger partial charge on any atom is -0.296 e. The van der Waals surface area contributed by atoms with Crippen LogP contribution in [0.15, 0.2) is 77.6 Å². The number of likely N-dealkylation sites (tertiary alicyclic amines) is 1. The minimum absolute atomic E-state index is 0.0514. The summed E-state index contributed by atoms with van der Waals surface area (Å²) in [6.45, 7) is 1.45. The molecule has 3 aromatic carbocycles. The Kier molecular flexibility index (Phi) is 6.87. The van der Waals surface area contributed by atoms with Gasteiger partial charge >= 0.3 is 0 Å². The van der Waals surface area contributed by atoms with E-state index < -0.39 is 4.92 Å². The summed E-state index contributed by atoms with van der Waals surface area (Å²) >= 11 is 0. The lowest BCUT2D eigenvalue weighted by molar-refractivity contribution is -0.384. The van der Waals surface area contributed by atoms with Gasteiger partial charge in [0.15, 0.2) is 5.78 Å². The Balaban J connectivity index is 1.32. The maximum Gasteiger partial charge on any atom is 0.274 e. The second kappa shape index (κ2) is 10.4. The monoisotopic (exact) mass is 500 g/mol. The Labute approximate surface area is 212 Å². The number of non-ortho nitro benzene ring substituents is 1. The highest BCUT2D eigenvalue weighted by atomic mass is 19.1. The third kappa shape index (κ3) is 5.31. The Morgan fingerprint density at radius 2 is 1.62 bits per heavy atom. The van der Waals surface area contributed by atoms with Gasteiger partial charge in [0, 0.05) is 42.6 Å². The number of aromatic nitrogens is 2. The van der Waals surface area contributed by atoms with E-state index in [4.69, 9.17) is 5.10 Å². The van der Waals surface area contributed by atoms with E-state index in [1.165, 1.54) is 36.4 Å². The van der Waals surface area contributed by atoms with Crippen LogP contribution in [-0.2, 0) is 6.42 Å². The lowest BCUT2D eigenvalue weighted by Gasteiger charge is -2.32. The van der Waals surface area contributed by atoms with Gasteiger partial charge in [0.25, 0.3) is 11.2 Å². The van der Waals surface area contributed by atoms with E-state index >= 15 is 0 Å². The number of hydrogen-bond acceptors (Lipinski definition) is 6. The Hall–Kier alpha value is -4.24. The van der Waals surface area contributed by atoms with E-state index in [2.05, 4.69) is 0 Å². The zero-order valence-electron chi connectivity index (χ0n) is 20.0. The predicted octanol–water partition coefficient (Wildman–Crippen LogP) is 4.55. The first-order valence-electron chi connectivity index (χ1n) is 12.1. The molecule has 37 heavy (non-hydrogen) atoms. The van der Waals surface area contributed by atoms with E-state index in [1.54, 1.807) is 16.8 Å². The van der Waals surface area contributed by atoms with Gasteiger partial charge in [-0.1, -0.05) is 30.3 Å². The fourth-order valence-corrected chi connectivity index (χ4v) is 4.83. The molecule has 188 valence electrons. The Bertz CT molecular complexity index is 1510. The normalized spacial score (nSPS) is 14.6. The van der Waals surface area contributed by atoms with Crippen molar-refractivity contribution >= 4 is 22.2 Å². The lowest BCUT2D eigenvalue weighted by atomic mass is 10.0. The van der Waals surface area contributed by atoms with Crippen LogP contribution < -0.4 is 5.56 Å². The van der Waals surface area contributed by atoms with Gasteiger partial charge in [-0.3, -0.25) is 24.6 Å². The van der Waals surface area contributed by atoms with Crippen molar-refractivity contribution in [3.8, 4) is 0 Å². The average molecular weight is 501 g/mol. The predicted molar refractivity (Wildman–Crippen MR) is 137 cm³/mol. The number of fused-ring (bicyclic) bond motifs is 1. The van der Waals surface area contributed by atoms with Crippen LogP contribution in [0.1, 0.15) is 40.5 Å². The molecule has 0 atom stereocenters. The third-order valence-corrected chi connectivity index (χ3v) is 6.86. The van der Waals surface area contributed by atoms with Crippen LogP contribution in [0.4, 0.5) is 10.1 Å². The molecular weight excluding hydrogens is 475 g/mol. The molecule has 4 aromatic rings. The highest BCUT2D eigenvalue weighted by Gasteiger charge is 2.25. The second-order valence-electron chi connectivity index (χ2n) is 9.28. The number of nitro groups is 1. The maximum absolute atomic E-state index is 13.4. The van der Waals surface area contributed by atoms with Crippen molar-refractivity contribution in [2.75, 3.05) is 19.6 Å². The van der Waals surface area contributed by atoms with Gasteiger partial charge in [-0.15, -0.1) is 0 Å². The van der Waals surface area contributed by atoms with Crippen LogP contribution in [0.2, 0.25) is 0 Å². The Morgan fingerprint density at radius 1 is 0.973 bits per heavy atom. The number of halogens is 1. The highest BCUT2D eigenvalue weighted by Crippen LogP contribution is 2.24. The summed E-state index contributed by atoms with van der Waals surface area (Å²) in [7, 11) is 0. The number of nitro benzene ring substituents is 1. The molecule has 1 aromatic heterocycles. The smallest absolute Gasteiger partial charge is 0.274 e. The molecule has 1 aliphatic rings. The van der Waals surface area contributed by atoms with Crippen LogP contribution in [0.3, 0.4) is 0 Å². The van der Waals surface area contributed by atoms with Crippen molar-refractivity contribution in [3.05, 3.63) is 116 Å². The van der Waals surface area contributed by atoms with Crippen LogP contribution in [0.5, 0.6) is 0 Å². The number of carbonyl (C=O) groups excluding carboxylic acids is 1. The summed E-state index contributed by atoms with van der Waals surface area (Å²) in [6, 6.07) is 19.2. The van der Waals surface area contributed by atoms with Crippen LogP contribution >= 0.6 is 0 Å².